The Hall–Kier alpha value is -0.740. The fourth-order valence-electron chi connectivity index (χ4n) is 1.12. The van der Waals surface area contributed by atoms with E-state index in [0.717, 1.165) is 4.47 Å². The van der Waals surface area contributed by atoms with Crippen LogP contribution in [0.5, 0.6) is 0 Å². The topological polar surface area (TPSA) is 49.3 Å². The third kappa shape index (κ3) is 2.39. The van der Waals surface area contributed by atoms with Crippen LogP contribution < -0.4 is 5.32 Å². The molecule has 3 nitrogen and oxygen atoms in total. The summed E-state index contributed by atoms with van der Waals surface area (Å²) in [4.78, 5) is 10.9. The number of halogens is 2. The molecule has 5 heteroatoms. The van der Waals surface area contributed by atoms with Gasteiger partial charge in [0.25, 0.3) is 0 Å². The number of hydrogen-bond donors (Lipinski definition) is 2. The van der Waals surface area contributed by atoms with Crippen molar-refractivity contribution >= 4 is 39.2 Å². The molecule has 0 aliphatic heterocycles. The van der Waals surface area contributed by atoms with Crippen LogP contribution in [0.1, 0.15) is 17.3 Å². The molecule has 0 aliphatic carbocycles. The van der Waals surface area contributed by atoms with Crippen LogP contribution >= 0.6 is 27.5 Å². The number of nitrogens with one attached hydrogen (secondary N) is 1. The molecular formula is C9H9BrClNO2. The largest absolute Gasteiger partial charge is 0.478 e. The summed E-state index contributed by atoms with van der Waals surface area (Å²) in [5.74, 6) is -1.03. The van der Waals surface area contributed by atoms with Crippen LogP contribution in [0.3, 0.4) is 0 Å². The number of carboxylic acid groups (broad SMARTS) is 1. The van der Waals surface area contributed by atoms with Gasteiger partial charge < -0.3 is 10.4 Å². The molecule has 0 spiro atoms. The fraction of sp³-hybridized carbons (Fsp3) is 0.222. The number of anilines is 1. The third-order valence-corrected chi connectivity index (χ3v) is 2.39. The standard InChI is InChI=1S/C9H9BrClNO2/c1-2-12-7-4-5(10)3-6(11)8(7)9(13)14/h3-4,12H,2H2,1H3,(H,13,14). The molecule has 0 bridgehead atoms. The van der Waals surface area contributed by atoms with E-state index in [1.54, 1.807) is 12.1 Å². The third-order valence-electron chi connectivity index (χ3n) is 1.64. The number of aromatic carboxylic acids is 1. The zero-order chi connectivity index (χ0) is 10.7. The van der Waals surface area contributed by atoms with E-state index in [2.05, 4.69) is 21.2 Å². The summed E-state index contributed by atoms with van der Waals surface area (Å²) in [5.41, 5.74) is 0.635. The van der Waals surface area contributed by atoms with Gasteiger partial charge in [-0.2, -0.15) is 0 Å². The Morgan fingerprint density at radius 3 is 2.79 bits per heavy atom. The SMILES string of the molecule is CCNc1cc(Br)cc(Cl)c1C(=O)O. The quantitative estimate of drug-likeness (QED) is 0.892. The van der Waals surface area contributed by atoms with Crippen LogP contribution in [0, 0.1) is 0 Å². The van der Waals surface area contributed by atoms with Crippen molar-refractivity contribution in [1.82, 2.24) is 0 Å². The minimum atomic E-state index is -1.03. The van der Waals surface area contributed by atoms with Gasteiger partial charge in [-0.05, 0) is 19.1 Å². The summed E-state index contributed by atoms with van der Waals surface area (Å²) in [6.07, 6.45) is 0. The first-order chi connectivity index (χ1) is 6.56. The highest BCUT2D eigenvalue weighted by Gasteiger charge is 2.14. The molecule has 0 aliphatic rings. The Labute approximate surface area is 95.2 Å². The smallest absolute Gasteiger partial charge is 0.339 e. The van der Waals surface area contributed by atoms with Crippen molar-refractivity contribution in [3.63, 3.8) is 0 Å². The van der Waals surface area contributed by atoms with Crippen LogP contribution in [0.15, 0.2) is 16.6 Å². The summed E-state index contributed by atoms with van der Waals surface area (Å²) < 4.78 is 0.753. The number of rotatable bonds is 3. The van der Waals surface area contributed by atoms with Gasteiger partial charge in [-0.15, -0.1) is 0 Å². The maximum absolute atomic E-state index is 10.9. The molecule has 0 saturated carbocycles. The predicted octanol–water partition coefficient (Wildman–Crippen LogP) is 3.23. The molecule has 0 heterocycles. The second-order valence-corrected chi connectivity index (χ2v) is 3.97. The van der Waals surface area contributed by atoms with Crippen LogP contribution in [-0.4, -0.2) is 17.6 Å². The van der Waals surface area contributed by atoms with E-state index in [0.29, 0.717) is 12.2 Å². The van der Waals surface area contributed by atoms with E-state index in [4.69, 9.17) is 16.7 Å². The lowest BCUT2D eigenvalue weighted by Crippen LogP contribution is -2.06. The second-order valence-electron chi connectivity index (χ2n) is 2.65. The molecule has 0 amide bonds. The van der Waals surface area contributed by atoms with Gasteiger partial charge >= 0.3 is 5.97 Å². The van der Waals surface area contributed by atoms with Gasteiger partial charge in [0, 0.05) is 11.0 Å². The molecule has 14 heavy (non-hydrogen) atoms. The van der Waals surface area contributed by atoms with Crippen LogP contribution in [0.4, 0.5) is 5.69 Å². The molecular weight excluding hydrogens is 269 g/mol. The zero-order valence-corrected chi connectivity index (χ0v) is 9.82. The molecule has 0 fully saturated rings. The van der Waals surface area contributed by atoms with E-state index < -0.39 is 5.97 Å². The van der Waals surface area contributed by atoms with Gasteiger partial charge in [-0.3, -0.25) is 0 Å². The Balaban J connectivity index is 3.28. The van der Waals surface area contributed by atoms with Crippen molar-refractivity contribution < 1.29 is 9.90 Å². The van der Waals surface area contributed by atoms with Gasteiger partial charge in [0.2, 0.25) is 0 Å². The van der Waals surface area contributed by atoms with Crippen molar-refractivity contribution in [1.29, 1.82) is 0 Å². The van der Waals surface area contributed by atoms with Gasteiger partial charge in [0.1, 0.15) is 5.56 Å². The van der Waals surface area contributed by atoms with Crippen LogP contribution in [0.25, 0.3) is 0 Å². The second kappa shape index (κ2) is 4.66. The summed E-state index contributed by atoms with van der Waals surface area (Å²) in [7, 11) is 0. The average molecular weight is 279 g/mol. The number of carboxylic acids is 1. The summed E-state index contributed by atoms with van der Waals surface area (Å²) in [6.45, 7) is 2.54. The lowest BCUT2D eigenvalue weighted by Gasteiger charge is -2.09. The first-order valence-electron chi connectivity index (χ1n) is 4.02. The van der Waals surface area contributed by atoms with Crippen LogP contribution in [-0.2, 0) is 0 Å². The summed E-state index contributed by atoms with van der Waals surface area (Å²) >= 11 is 9.06. The molecule has 2 N–H and O–H groups in total. The molecule has 1 aromatic rings. The minimum Gasteiger partial charge on any atom is -0.478 e. The molecule has 0 aromatic heterocycles. The monoisotopic (exact) mass is 277 g/mol. The fourth-order valence-corrected chi connectivity index (χ4v) is 2.01. The Morgan fingerprint density at radius 2 is 2.29 bits per heavy atom. The Morgan fingerprint density at radius 1 is 1.64 bits per heavy atom. The molecule has 0 atom stereocenters. The lowest BCUT2D eigenvalue weighted by atomic mass is 10.2. The van der Waals surface area contributed by atoms with E-state index in [9.17, 15) is 4.79 Å². The minimum absolute atomic E-state index is 0.108. The Bertz CT molecular complexity index is 368. The van der Waals surface area contributed by atoms with Gasteiger partial charge in [0.05, 0.1) is 10.7 Å². The van der Waals surface area contributed by atoms with E-state index in [1.165, 1.54) is 0 Å². The van der Waals surface area contributed by atoms with Gasteiger partial charge in [-0.1, -0.05) is 27.5 Å². The van der Waals surface area contributed by atoms with Crippen molar-refractivity contribution in [2.45, 2.75) is 6.92 Å². The molecule has 0 unspecified atom stereocenters. The highest BCUT2D eigenvalue weighted by molar-refractivity contribution is 9.10. The normalized spacial score (nSPS) is 9.93. The molecule has 1 aromatic carbocycles. The maximum atomic E-state index is 10.9. The first kappa shape index (κ1) is 11.3. The van der Waals surface area contributed by atoms with Crippen LogP contribution in [0.2, 0.25) is 5.02 Å². The van der Waals surface area contributed by atoms with Gasteiger partial charge in [-0.25, -0.2) is 4.79 Å². The summed E-state index contributed by atoms with van der Waals surface area (Å²) in [6, 6.07) is 3.25. The number of benzene rings is 1. The molecule has 1 rings (SSSR count). The summed E-state index contributed by atoms with van der Waals surface area (Å²) in [5, 5.41) is 12.1. The maximum Gasteiger partial charge on any atom is 0.339 e. The highest BCUT2D eigenvalue weighted by Crippen LogP contribution is 2.29. The molecule has 0 saturated heterocycles. The van der Waals surface area contributed by atoms with E-state index >= 15 is 0 Å². The van der Waals surface area contributed by atoms with E-state index in [1.807, 2.05) is 6.92 Å². The van der Waals surface area contributed by atoms with Crippen molar-refractivity contribution in [3.05, 3.63) is 27.2 Å². The average Bonchev–Trinajstić information content (AvgIpc) is 2.01. The van der Waals surface area contributed by atoms with Gasteiger partial charge in [0.15, 0.2) is 0 Å². The lowest BCUT2D eigenvalue weighted by molar-refractivity contribution is 0.0698. The predicted molar refractivity (Wildman–Crippen MR) is 60.3 cm³/mol. The molecule has 0 radical (unpaired) electrons. The molecule has 76 valence electrons. The number of carbonyl (C=O) groups is 1. The first-order valence-corrected chi connectivity index (χ1v) is 5.19. The number of hydrogen-bond acceptors (Lipinski definition) is 2. The van der Waals surface area contributed by atoms with Crippen molar-refractivity contribution in [2.24, 2.45) is 0 Å². The van der Waals surface area contributed by atoms with Crippen molar-refractivity contribution in [2.75, 3.05) is 11.9 Å². The van der Waals surface area contributed by atoms with E-state index in [-0.39, 0.29) is 10.6 Å². The Kier molecular flexibility index (Phi) is 3.77. The highest BCUT2D eigenvalue weighted by atomic mass is 79.9. The van der Waals surface area contributed by atoms with Crippen molar-refractivity contribution in [3.8, 4) is 0 Å². The zero-order valence-electron chi connectivity index (χ0n) is 7.47.